The van der Waals surface area contributed by atoms with Crippen molar-refractivity contribution in [2.75, 3.05) is 13.1 Å². The number of rotatable bonds is 2. The van der Waals surface area contributed by atoms with Crippen LogP contribution in [-0.2, 0) is 6.54 Å². The van der Waals surface area contributed by atoms with Crippen molar-refractivity contribution in [3.63, 3.8) is 0 Å². The molecule has 0 aliphatic carbocycles. The van der Waals surface area contributed by atoms with Crippen LogP contribution in [0.25, 0.3) is 0 Å². The summed E-state index contributed by atoms with van der Waals surface area (Å²) < 4.78 is 0. The number of hydrogen-bond acceptors (Lipinski definition) is 4. The fourth-order valence-electron chi connectivity index (χ4n) is 2.11. The Labute approximate surface area is 106 Å². The van der Waals surface area contributed by atoms with Crippen molar-refractivity contribution in [1.82, 2.24) is 9.88 Å². The molecule has 0 aromatic carbocycles. The second-order valence-corrected chi connectivity index (χ2v) is 5.77. The van der Waals surface area contributed by atoms with Crippen LogP contribution >= 0.6 is 11.3 Å². The summed E-state index contributed by atoms with van der Waals surface area (Å²) in [6, 6.07) is 0. The third-order valence-electron chi connectivity index (χ3n) is 3.57. The first-order chi connectivity index (χ1) is 8.11. The molecular formula is C12H19N3OS. The number of aromatic nitrogens is 1. The van der Waals surface area contributed by atoms with Crippen molar-refractivity contribution in [2.24, 2.45) is 17.6 Å². The van der Waals surface area contributed by atoms with Crippen LogP contribution in [0.15, 0.2) is 5.38 Å². The highest BCUT2D eigenvalue weighted by Gasteiger charge is 2.27. The van der Waals surface area contributed by atoms with Gasteiger partial charge in [-0.15, -0.1) is 11.3 Å². The number of thiazole rings is 1. The summed E-state index contributed by atoms with van der Waals surface area (Å²) in [5.74, 6) is 1.33. The Morgan fingerprint density at radius 2 is 2.35 bits per heavy atom. The van der Waals surface area contributed by atoms with E-state index < -0.39 is 0 Å². The van der Waals surface area contributed by atoms with E-state index in [0.29, 0.717) is 24.1 Å². The minimum Gasteiger partial charge on any atom is -0.337 e. The summed E-state index contributed by atoms with van der Waals surface area (Å²) in [4.78, 5) is 18.4. The molecule has 1 saturated heterocycles. The van der Waals surface area contributed by atoms with E-state index in [2.05, 4.69) is 18.8 Å². The summed E-state index contributed by atoms with van der Waals surface area (Å²) in [5, 5.41) is 2.64. The molecule has 1 aliphatic heterocycles. The average Bonchev–Trinajstić information content (AvgIpc) is 2.80. The second kappa shape index (κ2) is 5.14. The van der Waals surface area contributed by atoms with Crippen molar-refractivity contribution in [3.05, 3.63) is 16.1 Å². The summed E-state index contributed by atoms with van der Waals surface area (Å²) in [6.07, 6.45) is 1.08. The van der Waals surface area contributed by atoms with E-state index in [-0.39, 0.29) is 5.91 Å². The lowest BCUT2D eigenvalue weighted by Crippen LogP contribution is -2.42. The Bertz CT molecular complexity index is 404. The van der Waals surface area contributed by atoms with Gasteiger partial charge in [0.2, 0.25) is 0 Å². The van der Waals surface area contributed by atoms with E-state index in [1.54, 1.807) is 0 Å². The molecule has 0 saturated carbocycles. The highest BCUT2D eigenvalue weighted by Crippen LogP contribution is 2.24. The smallest absolute Gasteiger partial charge is 0.273 e. The maximum atomic E-state index is 12.2. The second-order valence-electron chi connectivity index (χ2n) is 4.83. The maximum absolute atomic E-state index is 12.2. The summed E-state index contributed by atoms with van der Waals surface area (Å²) in [7, 11) is 0. The third kappa shape index (κ3) is 2.66. The Morgan fingerprint density at radius 3 is 2.94 bits per heavy atom. The number of hydrogen-bond donors (Lipinski definition) is 1. The number of piperidine rings is 1. The van der Waals surface area contributed by atoms with Gasteiger partial charge in [-0.25, -0.2) is 4.98 Å². The first-order valence-corrected chi connectivity index (χ1v) is 6.93. The van der Waals surface area contributed by atoms with Crippen LogP contribution < -0.4 is 5.73 Å². The normalized spacial score (nSPS) is 25.0. The molecule has 1 aromatic heterocycles. The first kappa shape index (κ1) is 12.5. The molecule has 0 spiro atoms. The zero-order valence-electron chi connectivity index (χ0n) is 10.3. The molecule has 4 nitrogen and oxygen atoms in total. The molecule has 2 atom stereocenters. The van der Waals surface area contributed by atoms with Crippen LogP contribution in [0.4, 0.5) is 0 Å². The Hall–Kier alpha value is -0.940. The van der Waals surface area contributed by atoms with Gasteiger partial charge in [0.15, 0.2) is 0 Å². The first-order valence-electron chi connectivity index (χ1n) is 6.05. The van der Waals surface area contributed by atoms with E-state index in [1.807, 2.05) is 10.3 Å². The van der Waals surface area contributed by atoms with Gasteiger partial charge in [-0.3, -0.25) is 4.79 Å². The van der Waals surface area contributed by atoms with Gasteiger partial charge in [0.1, 0.15) is 10.7 Å². The molecule has 17 heavy (non-hydrogen) atoms. The molecule has 1 aliphatic rings. The number of carbonyl (C=O) groups excluding carboxylic acids is 1. The van der Waals surface area contributed by atoms with E-state index in [9.17, 15) is 4.79 Å². The van der Waals surface area contributed by atoms with Crippen molar-refractivity contribution < 1.29 is 4.79 Å². The molecule has 0 radical (unpaired) electrons. The fraction of sp³-hybridized carbons (Fsp3) is 0.667. The molecule has 2 rings (SSSR count). The largest absolute Gasteiger partial charge is 0.337 e. The van der Waals surface area contributed by atoms with Crippen LogP contribution in [0.3, 0.4) is 0 Å². The number of nitrogens with two attached hydrogens (primary N) is 1. The van der Waals surface area contributed by atoms with E-state index >= 15 is 0 Å². The zero-order chi connectivity index (χ0) is 12.4. The minimum atomic E-state index is 0.0553. The topological polar surface area (TPSA) is 59.2 Å². The SMILES string of the molecule is CC1CCN(C(=O)c2csc(CN)n2)CC1C. The predicted molar refractivity (Wildman–Crippen MR) is 68.9 cm³/mol. The van der Waals surface area contributed by atoms with Gasteiger partial charge < -0.3 is 10.6 Å². The third-order valence-corrected chi connectivity index (χ3v) is 4.44. The van der Waals surface area contributed by atoms with Gasteiger partial charge >= 0.3 is 0 Å². The highest BCUT2D eigenvalue weighted by atomic mass is 32.1. The van der Waals surface area contributed by atoms with Crippen LogP contribution in [-0.4, -0.2) is 28.9 Å². The highest BCUT2D eigenvalue weighted by molar-refractivity contribution is 7.09. The molecule has 2 unspecified atom stereocenters. The molecule has 2 N–H and O–H groups in total. The average molecular weight is 253 g/mol. The summed E-state index contributed by atoms with van der Waals surface area (Å²) >= 11 is 1.46. The van der Waals surface area contributed by atoms with Gasteiger partial charge in [0.25, 0.3) is 5.91 Å². The van der Waals surface area contributed by atoms with Gasteiger partial charge in [-0.05, 0) is 18.3 Å². The molecule has 2 heterocycles. The minimum absolute atomic E-state index is 0.0553. The molecule has 1 aromatic rings. The molecule has 0 bridgehead atoms. The zero-order valence-corrected chi connectivity index (χ0v) is 11.2. The lowest BCUT2D eigenvalue weighted by Gasteiger charge is -2.34. The van der Waals surface area contributed by atoms with Gasteiger partial charge in [-0.2, -0.15) is 0 Å². The lowest BCUT2D eigenvalue weighted by atomic mass is 9.88. The van der Waals surface area contributed by atoms with Gasteiger partial charge in [0.05, 0.1) is 0 Å². The fourth-order valence-corrected chi connectivity index (χ4v) is 2.76. The quantitative estimate of drug-likeness (QED) is 0.873. The van der Waals surface area contributed by atoms with Crippen LogP contribution in [0, 0.1) is 11.8 Å². The molecule has 94 valence electrons. The lowest BCUT2D eigenvalue weighted by molar-refractivity contribution is 0.0622. The van der Waals surface area contributed by atoms with Crippen LogP contribution in [0.2, 0.25) is 0 Å². The van der Waals surface area contributed by atoms with Crippen LogP contribution in [0.5, 0.6) is 0 Å². The summed E-state index contributed by atoms with van der Waals surface area (Å²) in [6.45, 7) is 6.55. The van der Waals surface area contributed by atoms with Crippen molar-refractivity contribution in [3.8, 4) is 0 Å². The van der Waals surface area contributed by atoms with Crippen LogP contribution in [0.1, 0.15) is 35.8 Å². The standard InChI is InChI=1S/C12H19N3OS/c1-8-3-4-15(6-9(8)2)12(16)10-7-17-11(5-13)14-10/h7-9H,3-6,13H2,1-2H3. The van der Waals surface area contributed by atoms with Crippen molar-refractivity contribution in [2.45, 2.75) is 26.8 Å². The molecule has 1 amide bonds. The van der Waals surface area contributed by atoms with E-state index in [4.69, 9.17) is 5.73 Å². The van der Waals surface area contributed by atoms with Gasteiger partial charge in [-0.1, -0.05) is 13.8 Å². The summed E-state index contributed by atoms with van der Waals surface area (Å²) in [5.41, 5.74) is 6.06. The Balaban J connectivity index is 2.05. The van der Waals surface area contributed by atoms with E-state index in [0.717, 1.165) is 24.5 Å². The molecular weight excluding hydrogens is 234 g/mol. The molecule has 1 fully saturated rings. The molecule has 5 heteroatoms. The van der Waals surface area contributed by atoms with Gasteiger partial charge in [0, 0.05) is 25.0 Å². The maximum Gasteiger partial charge on any atom is 0.273 e. The monoisotopic (exact) mass is 253 g/mol. The number of carbonyl (C=O) groups is 1. The predicted octanol–water partition coefficient (Wildman–Crippen LogP) is 1.72. The number of amides is 1. The number of likely N-dealkylation sites (tertiary alicyclic amines) is 1. The van der Waals surface area contributed by atoms with Crippen molar-refractivity contribution >= 4 is 17.2 Å². The number of nitrogens with zero attached hydrogens (tertiary/aromatic N) is 2. The van der Waals surface area contributed by atoms with Crippen molar-refractivity contribution in [1.29, 1.82) is 0 Å². The Morgan fingerprint density at radius 1 is 1.59 bits per heavy atom. The van der Waals surface area contributed by atoms with E-state index in [1.165, 1.54) is 11.3 Å². The Kier molecular flexibility index (Phi) is 3.79.